The molecule has 2 aromatic carbocycles. The highest BCUT2D eigenvalue weighted by atomic mass is 35.5. The van der Waals surface area contributed by atoms with Crippen LogP contribution in [0.4, 0.5) is 0 Å². The van der Waals surface area contributed by atoms with Crippen LogP contribution in [0.15, 0.2) is 54.6 Å². The van der Waals surface area contributed by atoms with Gasteiger partial charge < -0.3 is 4.90 Å². The van der Waals surface area contributed by atoms with Crippen LogP contribution in [0.5, 0.6) is 0 Å². The van der Waals surface area contributed by atoms with E-state index in [-0.39, 0.29) is 11.8 Å². The van der Waals surface area contributed by atoms with Crippen LogP contribution < -0.4 is 4.72 Å². The fraction of sp³-hybridized carbons (Fsp3) is 0.294. The minimum Gasteiger partial charge on any atom is -0.301 e. The van der Waals surface area contributed by atoms with Crippen molar-refractivity contribution in [3.8, 4) is 0 Å². The van der Waals surface area contributed by atoms with Crippen LogP contribution in [0, 0.1) is 0 Å². The molecule has 0 bridgehead atoms. The zero-order valence-corrected chi connectivity index (χ0v) is 14.8. The largest absolute Gasteiger partial charge is 0.301 e. The first-order chi connectivity index (χ1) is 10.9. The molecular formula is C17H21ClN2O2S. The van der Waals surface area contributed by atoms with Gasteiger partial charge in [0, 0.05) is 17.6 Å². The van der Waals surface area contributed by atoms with Gasteiger partial charge in [-0.1, -0.05) is 54.1 Å². The van der Waals surface area contributed by atoms with Crippen LogP contribution in [0.25, 0.3) is 0 Å². The van der Waals surface area contributed by atoms with Crippen molar-refractivity contribution in [1.82, 2.24) is 9.62 Å². The van der Waals surface area contributed by atoms with Gasteiger partial charge in [0.1, 0.15) is 0 Å². The van der Waals surface area contributed by atoms with E-state index in [1.807, 2.05) is 55.4 Å². The summed E-state index contributed by atoms with van der Waals surface area (Å²) in [6.07, 6.45) is 0. The van der Waals surface area contributed by atoms with Crippen LogP contribution in [-0.2, 0) is 15.8 Å². The summed E-state index contributed by atoms with van der Waals surface area (Å²) in [6, 6.07) is 16.5. The third-order valence-electron chi connectivity index (χ3n) is 3.55. The Morgan fingerprint density at radius 2 is 1.78 bits per heavy atom. The second kappa shape index (κ2) is 7.93. The molecule has 0 amide bonds. The van der Waals surface area contributed by atoms with Crippen molar-refractivity contribution in [2.45, 2.75) is 11.8 Å². The smallest absolute Gasteiger partial charge is 0.215 e. The first-order valence-electron chi connectivity index (χ1n) is 7.30. The lowest BCUT2D eigenvalue weighted by molar-refractivity contribution is 0.299. The molecule has 124 valence electrons. The molecule has 1 unspecified atom stereocenters. The maximum atomic E-state index is 12.3. The summed E-state index contributed by atoms with van der Waals surface area (Å²) in [6.45, 7) is 0.294. The quantitative estimate of drug-likeness (QED) is 0.833. The van der Waals surface area contributed by atoms with E-state index in [1.54, 1.807) is 18.2 Å². The molecule has 0 aliphatic rings. The van der Waals surface area contributed by atoms with E-state index in [4.69, 9.17) is 11.6 Å². The molecule has 0 saturated heterocycles. The zero-order valence-electron chi connectivity index (χ0n) is 13.2. The maximum absolute atomic E-state index is 12.3. The van der Waals surface area contributed by atoms with Gasteiger partial charge in [-0.2, -0.15) is 0 Å². The number of hydrogen-bond acceptors (Lipinski definition) is 3. The van der Waals surface area contributed by atoms with Crippen LogP contribution in [0.2, 0.25) is 5.02 Å². The minimum atomic E-state index is -3.39. The third kappa shape index (κ3) is 5.62. The lowest BCUT2D eigenvalue weighted by atomic mass is 10.1. The van der Waals surface area contributed by atoms with Crippen LogP contribution in [0.1, 0.15) is 17.2 Å². The molecule has 0 saturated carbocycles. The summed E-state index contributed by atoms with van der Waals surface area (Å²) >= 11 is 6.03. The van der Waals surface area contributed by atoms with Gasteiger partial charge in [-0.15, -0.1) is 0 Å². The van der Waals surface area contributed by atoms with Crippen LogP contribution in [-0.4, -0.2) is 34.0 Å². The molecule has 1 atom stereocenters. The van der Waals surface area contributed by atoms with Crippen molar-refractivity contribution >= 4 is 21.6 Å². The van der Waals surface area contributed by atoms with Gasteiger partial charge in [-0.25, -0.2) is 13.1 Å². The Morgan fingerprint density at radius 3 is 2.39 bits per heavy atom. The number of hydrogen-bond donors (Lipinski definition) is 1. The molecule has 2 aromatic rings. The molecule has 0 aliphatic carbocycles. The van der Waals surface area contributed by atoms with Crippen LogP contribution in [0.3, 0.4) is 0 Å². The van der Waals surface area contributed by atoms with Crippen molar-refractivity contribution in [3.05, 3.63) is 70.7 Å². The molecule has 0 aromatic heterocycles. The number of halogens is 1. The van der Waals surface area contributed by atoms with Gasteiger partial charge in [0.25, 0.3) is 0 Å². The van der Waals surface area contributed by atoms with Gasteiger partial charge in [0.2, 0.25) is 10.0 Å². The molecule has 4 nitrogen and oxygen atoms in total. The summed E-state index contributed by atoms with van der Waals surface area (Å²) in [5, 5.41) is 0.640. The number of nitrogens with one attached hydrogen (secondary N) is 1. The average Bonchev–Trinajstić information content (AvgIpc) is 2.47. The zero-order chi connectivity index (χ0) is 16.9. The van der Waals surface area contributed by atoms with Crippen molar-refractivity contribution in [3.63, 3.8) is 0 Å². The molecule has 6 heteroatoms. The number of rotatable bonds is 7. The van der Waals surface area contributed by atoms with E-state index in [0.717, 1.165) is 11.1 Å². The standard InChI is InChI=1S/C17H21ClN2O2S/c1-20(2)17(15-9-6-10-16(18)11-15)12-19-23(21,22)13-14-7-4-3-5-8-14/h3-11,17,19H,12-13H2,1-2H3. The Labute approximate surface area is 143 Å². The number of nitrogens with zero attached hydrogens (tertiary/aromatic N) is 1. The highest BCUT2D eigenvalue weighted by Gasteiger charge is 2.18. The summed E-state index contributed by atoms with van der Waals surface area (Å²) in [4.78, 5) is 1.97. The average molecular weight is 353 g/mol. The predicted molar refractivity (Wildman–Crippen MR) is 94.9 cm³/mol. The Hall–Kier alpha value is -1.40. The third-order valence-corrected chi connectivity index (χ3v) is 5.11. The molecular weight excluding hydrogens is 332 g/mol. The molecule has 2 rings (SSSR count). The maximum Gasteiger partial charge on any atom is 0.215 e. The monoisotopic (exact) mass is 352 g/mol. The molecule has 0 radical (unpaired) electrons. The number of benzene rings is 2. The summed E-state index contributed by atoms with van der Waals surface area (Å²) < 4.78 is 27.2. The van der Waals surface area contributed by atoms with Crippen molar-refractivity contribution in [1.29, 1.82) is 0 Å². The molecule has 1 N–H and O–H groups in total. The highest BCUT2D eigenvalue weighted by Crippen LogP contribution is 2.21. The minimum absolute atomic E-state index is 0.0243. The molecule has 23 heavy (non-hydrogen) atoms. The summed E-state index contributed by atoms with van der Waals surface area (Å²) in [7, 11) is 0.437. The number of sulfonamides is 1. The molecule has 0 spiro atoms. The lowest BCUT2D eigenvalue weighted by Crippen LogP contribution is -2.35. The summed E-state index contributed by atoms with van der Waals surface area (Å²) in [5.74, 6) is -0.0243. The van der Waals surface area contributed by atoms with Gasteiger partial charge in [-0.3, -0.25) is 0 Å². The Morgan fingerprint density at radius 1 is 1.09 bits per heavy atom. The van der Waals surface area contributed by atoms with E-state index in [1.165, 1.54) is 0 Å². The van der Waals surface area contributed by atoms with Gasteiger partial charge in [-0.05, 0) is 37.4 Å². The Balaban J connectivity index is 2.06. The molecule has 0 fully saturated rings. The normalized spacial score (nSPS) is 13.2. The predicted octanol–water partition coefficient (Wildman–Crippen LogP) is 3.06. The summed E-state index contributed by atoms with van der Waals surface area (Å²) in [5.41, 5.74) is 1.74. The lowest BCUT2D eigenvalue weighted by Gasteiger charge is -2.25. The molecule has 0 aliphatic heterocycles. The second-order valence-electron chi connectivity index (χ2n) is 5.63. The van der Waals surface area contributed by atoms with Gasteiger partial charge >= 0.3 is 0 Å². The fourth-order valence-electron chi connectivity index (χ4n) is 2.36. The Bertz CT molecular complexity index is 733. The van der Waals surface area contributed by atoms with E-state index in [2.05, 4.69) is 4.72 Å². The topological polar surface area (TPSA) is 49.4 Å². The van der Waals surface area contributed by atoms with Crippen molar-refractivity contribution in [2.24, 2.45) is 0 Å². The van der Waals surface area contributed by atoms with Gasteiger partial charge in [0.15, 0.2) is 0 Å². The van der Waals surface area contributed by atoms with E-state index in [0.29, 0.717) is 11.6 Å². The van der Waals surface area contributed by atoms with E-state index >= 15 is 0 Å². The fourth-order valence-corrected chi connectivity index (χ4v) is 3.71. The number of likely N-dealkylation sites (N-methyl/N-ethyl adjacent to an activating group) is 1. The Kier molecular flexibility index (Phi) is 6.18. The SMILES string of the molecule is CN(C)C(CNS(=O)(=O)Cc1ccccc1)c1cccc(Cl)c1. The van der Waals surface area contributed by atoms with Crippen LogP contribution >= 0.6 is 11.6 Å². The highest BCUT2D eigenvalue weighted by molar-refractivity contribution is 7.88. The second-order valence-corrected chi connectivity index (χ2v) is 7.87. The van der Waals surface area contributed by atoms with E-state index in [9.17, 15) is 8.42 Å². The first kappa shape index (κ1) is 17.9. The van der Waals surface area contributed by atoms with Crippen molar-refractivity contribution in [2.75, 3.05) is 20.6 Å². The van der Waals surface area contributed by atoms with Crippen molar-refractivity contribution < 1.29 is 8.42 Å². The molecule has 0 heterocycles. The van der Waals surface area contributed by atoms with Gasteiger partial charge in [0.05, 0.1) is 5.75 Å². The van der Waals surface area contributed by atoms with E-state index < -0.39 is 10.0 Å². The first-order valence-corrected chi connectivity index (χ1v) is 9.33.